The van der Waals surface area contributed by atoms with Gasteiger partial charge in [0, 0.05) is 38.2 Å². The molecule has 0 radical (unpaired) electrons. The number of amides is 2. The summed E-state index contributed by atoms with van der Waals surface area (Å²) in [6, 6.07) is 22.9. The van der Waals surface area contributed by atoms with Crippen molar-refractivity contribution in [3.63, 3.8) is 0 Å². The standard InChI is InChI=1S/C33H35N3O6/c1-22-10-14-27(15-11-22)34-30-29(32(39)26-8-6-5-7-9-26)31(25-12-16-28(41-4)17-13-25)36(33(30)40)19-18-35(23(2)37)20-21-42-24(3)38/h5-17,31,34H,18-21H2,1-4H3. The van der Waals surface area contributed by atoms with Crippen LogP contribution in [0.25, 0.3) is 0 Å². The van der Waals surface area contributed by atoms with Crippen molar-refractivity contribution in [3.05, 3.63) is 107 Å². The third kappa shape index (κ3) is 7.04. The van der Waals surface area contributed by atoms with E-state index < -0.39 is 12.0 Å². The third-order valence-electron chi connectivity index (χ3n) is 7.08. The Morgan fingerprint density at radius 1 is 0.905 bits per heavy atom. The molecular formula is C33H35N3O6. The Hall–Kier alpha value is -4.92. The molecule has 2 amide bonds. The van der Waals surface area contributed by atoms with Crippen molar-refractivity contribution in [2.45, 2.75) is 26.8 Å². The van der Waals surface area contributed by atoms with Crippen molar-refractivity contribution in [2.24, 2.45) is 0 Å². The number of ketones is 1. The van der Waals surface area contributed by atoms with Gasteiger partial charge in [0.15, 0.2) is 5.78 Å². The van der Waals surface area contributed by atoms with Gasteiger partial charge in [-0.05, 0) is 36.8 Å². The van der Waals surface area contributed by atoms with E-state index in [1.807, 2.05) is 49.4 Å². The Labute approximate surface area is 245 Å². The number of hydrogen-bond donors (Lipinski definition) is 1. The lowest BCUT2D eigenvalue weighted by atomic mass is 9.92. The van der Waals surface area contributed by atoms with E-state index in [1.165, 1.54) is 18.7 Å². The Balaban J connectivity index is 1.77. The first kappa shape index (κ1) is 30.0. The van der Waals surface area contributed by atoms with E-state index in [2.05, 4.69) is 5.32 Å². The molecule has 3 aromatic rings. The van der Waals surface area contributed by atoms with Crippen molar-refractivity contribution >= 4 is 29.3 Å². The maximum atomic E-state index is 14.2. The summed E-state index contributed by atoms with van der Waals surface area (Å²) in [5, 5.41) is 3.23. The van der Waals surface area contributed by atoms with E-state index in [0.29, 0.717) is 22.6 Å². The number of esters is 1. The first-order valence-electron chi connectivity index (χ1n) is 13.7. The van der Waals surface area contributed by atoms with Gasteiger partial charge in [0.1, 0.15) is 18.1 Å². The molecule has 0 fully saturated rings. The summed E-state index contributed by atoms with van der Waals surface area (Å²) in [7, 11) is 1.57. The fraction of sp³-hybridized carbons (Fsp3) is 0.273. The minimum absolute atomic E-state index is 0.0426. The van der Waals surface area contributed by atoms with Crippen LogP contribution in [-0.4, -0.2) is 66.7 Å². The summed E-state index contributed by atoms with van der Waals surface area (Å²) >= 11 is 0. The van der Waals surface area contributed by atoms with Crippen molar-refractivity contribution < 1.29 is 28.7 Å². The number of anilines is 1. The summed E-state index contributed by atoms with van der Waals surface area (Å²) in [6.07, 6.45) is 0. The fourth-order valence-corrected chi connectivity index (χ4v) is 4.87. The van der Waals surface area contributed by atoms with Gasteiger partial charge in [0.25, 0.3) is 5.91 Å². The lowest BCUT2D eigenvalue weighted by Crippen LogP contribution is -2.42. The molecule has 9 nitrogen and oxygen atoms in total. The molecule has 1 aliphatic rings. The predicted octanol–water partition coefficient (Wildman–Crippen LogP) is 4.55. The molecule has 0 bridgehead atoms. The predicted molar refractivity (Wildman–Crippen MR) is 159 cm³/mol. The van der Waals surface area contributed by atoms with E-state index in [0.717, 1.165) is 11.1 Å². The van der Waals surface area contributed by atoms with Gasteiger partial charge in [-0.1, -0.05) is 60.2 Å². The number of methoxy groups -OCH3 is 1. The molecule has 1 unspecified atom stereocenters. The molecule has 0 aliphatic carbocycles. The average molecular weight is 570 g/mol. The molecule has 0 saturated carbocycles. The van der Waals surface area contributed by atoms with Gasteiger partial charge in [-0.2, -0.15) is 0 Å². The molecule has 0 aromatic heterocycles. The number of hydrogen-bond acceptors (Lipinski definition) is 7. The molecular weight excluding hydrogens is 534 g/mol. The first-order chi connectivity index (χ1) is 20.2. The van der Waals surface area contributed by atoms with Crippen LogP contribution in [0, 0.1) is 6.92 Å². The van der Waals surface area contributed by atoms with Crippen LogP contribution < -0.4 is 10.1 Å². The quantitative estimate of drug-likeness (QED) is 0.252. The number of nitrogens with one attached hydrogen (secondary N) is 1. The highest BCUT2D eigenvalue weighted by atomic mass is 16.5. The highest BCUT2D eigenvalue weighted by Crippen LogP contribution is 2.40. The summed E-state index contributed by atoms with van der Waals surface area (Å²) < 4.78 is 10.4. The molecule has 1 atom stereocenters. The summed E-state index contributed by atoms with van der Waals surface area (Å²) in [6.45, 7) is 5.24. The monoisotopic (exact) mass is 569 g/mol. The van der Waals surface area contributed by atoms with Gasteiger partial charge in [0.2, 0.25) is 5.91 Å². The zero-order valence-corrected chi connectivity index (χ0v) is 24.3. The Morgan fingerprint density at radius 3 is 2.17 bits per heavy atom. The number of benzene rings is 3. The van der Waals surface area contributed by atoms with Crippen molar-refractivity contribution in [2.75, 3.05) is 38.7 Å². The van der Waals surface area contributed by atoms with Crippen LogP contribution >= 0.6 is 0 Å². The minimum atomic E-state index is -0.730. The third-order valence-corrected chi connectivity index (χ3v) is 7.08. The van der Waals surface area contributed by atoms with Gasteiger partial charge in [-0.3, -0.25) is 19.2 Å². The number of nitrogens with zero attached hydrogens (tertiary/aromatic N) is 2. The van der Waals surface area contributed by atoms with Crippen LogP contribution in [0.4, 0.5) is 5.69 Å². The molecule has 0 spiro atoms. The van der Waals surface area contributed by atoms with E-state index in [-0.39, 0.29) is 49.5 Å². The van der Waals surface area contributed by atoms with Crippen molar-refractivity contribution in [1.29, 1.82) is 0 Å². The second kappa shape index (κ2) is 13.6. The van der Waals surface area contributed by atoms with Crippen molar-refractivity contribution in [3.8, 4) is 5.75 Å². The fourth-order valence-electron chi connectivity index (χ4n) is 4.87. The summed E-state index contributed by atoms with van der Waals surface area (Å²) in [5.41, 5.74) is 3.40. The smallest absolute Gasteiger partial charge is 0.302 e. The van der Waals surface area contributed by atoms with E-state index >= 15 is 0 Å². The minimum Gasteiger partial charge on any atom is -0.497 e. The first-order valence-corrected chi connectivity index (χ1v) is 13.7. The average Bonchev–Trinajstić information content (AvgIpc) is 3.26. The number of ether oxygens (including phenoxy) is 2. The molecule has 1 N–H and O–H groups in total. The maximum absolute atomic E-state index is 14.2. The molecule has 218 valence electrons. The normalized spacial score (nSPS) is 14.5. The zero-order valence-electron chi connectivity index (χ0n) is 24.3. The largest absolute Gasteiger partial charge is 0.497 e. The van der Waals surface area contributed by atoms with Crippen LogP contribution in [0.3, 0.4) is 0 Å². The number of carbonyl (C=O) groups excluding carboxylic acids is 4. The Morgan fingerprint density at radius 2 is 1.57 bits per heavy atom. The number of Topliss-reactive ketones (excluding diaryl/α,β-unsaturated/α-hetero) is 1. The van der Waals surface area contributed by atoms with Gasteiger partial charge in [-0.15, -0.1) is 0 Å². The van der Waals surface area contributed by atoms with Crippen molar-refractivity contribution in [1.82, 2.24) is 9.80 Å². The second-order valence-electron chi connectivity index (χ2n) is 10.00. The number of rotatable bonds is 12. The highest BCUT2D eigenvalue weighted by Gasteiger charge is 2.43. The molecule has 0 saturated heterocycles. The SMILES string of the molecule is COc1ccc(C2C(C(=O)c3ccccc3)=C(Nc3ccc(C)cc3)C(=O)N2CCN(CCOC(C)=O)C(C)=O)cc1. The van der Waals surface area contributed by atoms with Crippen LogP contribution in [-0.2, 0) is 19.1 Å². The summed E-state index contributed by atoms with van der Waals surface area (Å²) in [4.78, 5) is 55.1. The number of aryl methyl sites for hydroxylation is 1. The molecule has 3 aromatic carbocycles. The van der Waals surface area contributed by atoms with Gasteiger partial charge in [-0.25, -0.2) is 0 Å². The summed E-state index contributed by atoms with van der Waals surface area (Å²) in [5.74, 6) is -0.658. The Bertz CT molecular complexity index is 1470. The van der Waals surface area contributed by atoms with Gasteiger partial charge >= 0.3 is 5.97 Å². The van der Waals surface area contributed by atoms with Crippen LogP contribution in [0.5, 0.6) is 5.75 Å². The van der Waals surface area contributed by atoms with Crippen LogP contribution in [0.2, 0.25) is 0 Å². The molecule has 4 rings (SSSR count). The second-order valence-corrected chi connectivity index (χ2v) is 10.00. The highest BCUT2D eigenvalue weighted by molar-refractivity contribution is 6.18. The number of carbonyl (C=O) groups is 4. The van der Waals surface area contributed by atoms with Crippen LogP contribution in [0.1, 0.15) is 41.4 Å². The van der Waals surface area contributed by atoms with E-state index in [9.17, 15) is 19.2 Å². The molecule has 42 heavy (non-hydrogen) atoms. The van der Waals surface area contributed by atoms with Gasteiger partial charge < -0.3 is 24.6 Å². The topological polar surface area (TPSA) is 105 Å². The van der Waals surface area contributed by atoms with Crippen LogP contribution in [0.15, 0.2) is 90.1 Å². The zero-order chi connectivity index (χ0) is 30.2. The van der Waals surface area contributed by atoms with Gasteiger partial charge in [0.05, 0.1) is 25.3 Å². The molecule has 1 aliphatic heterocycles. The lowest BCUT2D eigenvalue weighted by molar-refractivity contribution is -0.143. The van der Waals surface area contributed by atoms with E-state index in [1.54, 1.807) is 48.4 Å². The molecule has 1 heterocycles. The van der Waals surface area contributed by atoms with E-state index in [4.69, 9.17) is 9.47 Å². The Kier molecular flexibility index (Phi) is 9.75. The molecule has 9 heteroatoms. The maximum Gasteiger partial charge on any atom is 0.302 e. The lowest BCUT2D eigenvalue weighted by Gasteiger charge is -2.30.